The fraction of sp³-hybridized carbons (Fsp3) is 0.263. The molecule has 2 amide bonds. The Morgan fingerprint density at radius 1 is 1.22 bits per heavy atom. The molecule has 0 saturated heterocycles. The number of hydrogen-bond donors (Lipinski definition) is 1. The molecule has 0 fully saturated rings. The highest BCUT2D eigenvalue weighted by Gasteiger charge is 2.17. The molecule has 0 saturated carbocycles. The van der Waals surface area contributed by atoms with Crippen LogP contribution >= 0.6 is 27.5 Å². The van der Waals surface area contributed by atoms with Crippen LogP contribution in [-0.2, 0) is 0 Å². The van der Waals surface area contributed by atoms with Crippen LogP contribution in [0.5, 0.6) is 11.5 Å². The zero-order chi connectivity index (χ0) is 20.1. The van der Waals surface area contributed by atoms with E-state index in [-0.39, 0.29) is 16.8 Å². The second-order valence-electron chi connectivity index (χ2n) is 5.77. The number of rotatable bonds is 6. The Morgan fingerprint density at radius 2 is 1.93 bits per heavy atom. The monoisotopic (exact) mass is 454 g/mol. The summed E-state index contributed by atoms with van der Waals surface area (Å²) in [4.78, 5) is 26.1. The summed E-state index contributed by atoms with van der Waals surface area (Å²) in [5, 5.41) is 3.02. The first-order valence-electron chi connectivity index (χ1n) is 8.11. The van der Waals surface area contributed by atoms with Gasteiger partial charge in [0, 0.05) is 25.3 Å². The number of benzene rings is 2. The quantitative estimate of drug-likeness (QED) is 0.698. The molecule has 2 rings (SSSR count). The van der Waals surface area contributed by atoms with Crippen molar-refractivity contribution < 1.29 is 19.1 Å². The van der Waals surface area contributed by atoms with Gasteiger partial charge in [-0.25, -0.2) is 0 Å². The molecule has 0 aliphatic heterocycles. The molecule has 0 spiro atoms. The van der Waals surface area contributed by atoms with Crippen LogP contribution in [0, 0.1) is 0 Å². The fourth-order valence-corrected chi connectivity index (χ4v) is 3.16. The van der Waals surface area contributed by atoms with Gasteiger partial charge in [-0.1, -0.05) is 11.6 Å². The van der Waals surface area contributed by atoms with Gasteiger partial charge in [-0.2, -0.15) is 0 Å². The van der Waals surface area contributed by atoms with Gasteiger partial charge in [-0.15, -0.1) is 0 Å². The van der Waals surface area contributed by atoms with Gasteiger partial charge in [0.05, 0.1) is 28.8 Å². The van der Waals surface area contributed by atoms with Crippen molar-refractivity contribution in [3.63, 3.8) is 0 Å². The first-order chi connectivity index (χ1) is 12.8. The summed E-state index contributed by atoms with van der Waals surface area (Å²) in [6.45, 7) is 2.33. The normalized spacial score (nSPS) is 10.3. The molecule has 2 aromatic carbocycles. The third kappa shape index (κ3) is 4.93. The van der Waals surface area contributed by atoms with Crippen molar-refractivity contribution in [3.8, 4) is 11.5 Å². The van der Waals surface area contributed by atoms with Crippen LogP contribution in [0.15, 0.2) is 34.8 Å². The Balaban J connectivity index is 2.26. The molecule has 1 N–H and O–H groups in total. The van der Waals surface area contributed by atoms with Crippen LogP contribution in [0.1, 0.15) is 27.6 Å². The molecule has 0 aliphatic carbocycles. The van der Waals surface area contributed by atoms with Crippen LogP contribution in [0.2, 0.25) is 5.02 Å². The van der Waals surface area contributed by atoms with Gasteiger partial charge < -0.3 is 19.7 Å². The molecule has 8 heteroatoms. The maximum Gasteiger partial charge on any atom is 0.255 e. The van der Waals surface area contributed by atoms with Crippen molar-refractivity contribution in [2.45, 2.75) is 6.92 Å². The summed E-state index contributed by atoms with van der Waals surface area (Å²) >= 11 is 9.58. The lowest BCUT2D eigenvalue weighted by atomic mass is 10.1. The molecule has 2 aromatic rings. The van der Waals surface area contributed by atoms with E-state index in [0.29, 0.717) is 39.4 Å². The molecule has 6 nitrogen and oxygen atoms in total. The number of nitrogens with zero attached hydrogens (tertiary/aromatic N) is 1. The molecular weight excluding hydrogens is 436 g/mol. The molecule has 0 aromatic heterocycles. The van der Waals surface area contributed by atoms with E-state index in [1.807, 2.05) is 6.92 Å². The van der Waals surface area contributed by atoms with E-state index in [2.05, 4.69) is 21.2 Å². The van der Waals surface area contributed by atoms with E-state index in [9.17, 15) is 9.59 Å². The SMILES string of the molecule is CCOc1c(Br)cc(C(=O)Nc2ccc(C(=O)N(C)C)c(Cl)c2)cc1OC. The van der Waals surface area contributed by atoms with Crippen molar-refractivity contribution in [1.82, 2.24) is 4.90 Å². The summed E-state index contributed by atoms with van der Waals surface area (Å²) in [6, 6.07) is 7.98. The largest absolute Gasteiger partial charge is 0.493 e. The molecule has 0 aliphatic rings. The third-order valence-electron chi connectivity index (χ3n) is 3.64. The predicted octanol–water partition coefficient (Wildman–Crippen LogP) is 4.46. The maximum absolute atomic E-state index is 12.6. The lowest BCUT2D eigenvalue weighted by molar-refractivity contribution is 0.0827. The highest BCUT2D eigenvalue weighted by molar-refractivity contribution is 9.10. The lowest BCUT2D eigenvalue weighted by Gasteiger charge is -2.14. The Bertz CT molecular complexity index is 871. The lowest BCUT2D eigenvalue weighted by Crippen LogP contribution is -2.22. The first kappa shape index (κ1) is 21.1. The van der Waals surface area contributed by atoms with Gasteiger partial charge in [0.25, 0.3) is 11.8 Å². The van der Waals surface area contributed by atoms with Gasteiger partial charge in [-0.05, 0) is 53.2 Å². The van der Waals surface area contributed by atoms with Crippen molar-refractivity contribution >= 4 is 45.0 Å². The topological polar surface area (TPSA) is 67.9 Å². The standard InChI is InChI=1S/C19H20BrClN2O4/c1-5-27-17-14(20)8-11(9-16(17)26-4)18(24)22-12-6-7-13(15(21)10-12)19(25)23(2)3/h6-10H,5H2,1-4H3,(H,22,24). The summed E-state index contributed by atoms with van der Waals surface area (Å²) < 4.78 is 11.4. The molecule has 0 bridgehead atoms. The fourth-order valence-electron chi connectivity index (χ4n) is 2.35. The van der Waals surface area contributed by atoms with Crippen LogP contribution < -0.4 is 14.8 Å². The zero-order valence-corrected chi connectivity index (χ0v) is 17.8. The first-order valence-corrected chi connectivity index (χ1v) is 9.28. The van der Waals surface area contributed by atoms with Crippen molar-refractivity contribution in [1.29, 1.82) is 0 Å². The Morgan fingerprint density at radius 3 is 2.48 bits per heavy atom. The van der Waals surface area contributed by atoms with Crippen molar-refractivity contribution in [2.75, 3.05) is 33.1 Å². The van der Waals surface area contributed by atoms with Crippen molar-refractivity contribution in [2.24, 2.45) is 0 Å². The number of ether oxygens (including phenoxy) is 2. The van der Waals surface area contributed by atoms with Gasteiger partial charge in [0.2, 0.25) is 0 Å². The van der Waals surface area contributed by atoms with E-state index >= 15 is 0 Å². The average molecular weight is 456 g/mol. The number of halogens is 2. The third-order valence-corrected chi connectivity index (χ3v) is 4.55. The van der Waals surface area contributed by atoms with Crippen molar-refractivity contribution in [3.05, 3.63) is 51.0 Å². The minimum atomic E-state index is -0.347. The van der Waals surface area contributed by atoms with E-state index in [1.54, 1.807) is 38.4 Å². The maximum atomic E-state index is 12.6. The molecule has 144 valence electrons. The summed E-state index contributed by atoms with van der Waals surface area (Å²) in [5.74, 6) is 0.422. The Kier molecular flexibility index (Phi) is 7.10. The van der Waals surface area contributed by atoms with Gasteiger partial charge >= 0.3 is 0 Å². The summed E-state index contributed by atoms with van der Waals surface area (Å²) in [5.41, 5.74) is 1.22. The predicted molar refractivity (Wildman–Crippen MR) is 109 cm³/mol. The summed E-state index contributed by atoms with van der Waals surface area (Å²) in [7, 11) is 4.79. The molecule has 0 radical (unpaired) electrons. The molecular formula is C19H20BrClN2O4. The molecule has 0 unspecified atom stereocenters. The van der Waals surface area contributed by atoms with Crippen LogP contribution in [-0.4, -0.2) is 44.5 Å². The van der Waals surface area contributed by atoms with E-state index in [1.165, 1.54) is 18.1 Å². The number of carbonyl (C=O) groups excluding carboxylic acids is 2. The van der Waals surface area contributed by atoms with E-state index < -0.39 is 0 Å². The second-order valence-corrected chi connectivity index (χ2v) is 7.03. The number of amides is 2. The Hall–Kier alpha value is -2.25. The molecule has 0 atom stereocenters. The van der Waals surface area contributed by atoms with Crippen LogP contribution in [0.3, 0.4) is 0 Å². The summed E-state index contributed by atoms with van der Waals surface area (Å²) in [6.07, 6.45) is 0. The molecule has 27 heavy (non-hydrogen) atoms. The number of methoxy groups -OCH3 is 1. The Labute approximate surface area is 171 Å². The minimum Gasteiger partial charge on any atom is -0.493 e. The minimum absolute atomic E-state index is 0.210. The van der Waals surface area contributed by atoms with Gasteiger partial charge in [-0.3, -0.25) is 9.59 Å². The zero-order valence-electron chi connectivity index (χ0n) is 15.4. The second kappa shape index (κ2) is 9.10. The van der Waals surface area contributed by atoms with E-state index in [0.717, 1.165) is 0 Å². The van der Waals surface area contributed by atoms with Gasteiger partial charge in [0.1, 0.15) is 0 Å². The number of nitrogens with one attached hydrogen (secondary N) is 1. The highest BCUT2D eigenvalue weighted by Crippen LogP contribution is 2.37. The van der Waals surface area contributed by atoms with Crippen LogP contribution in [0.25, 0.3) is 0 Å². The number of carbonyl (C=O) groups is 2. The highest BCUT2D eigenvalue weighted by atomic mass is 79.9. The van der Waals surface area contributed by atoms with Gasteiger partial charge in [0.15, 0.2) is 11.5 Å². The molecule has 0 heterocycles. The van der Waals surface area contributed by atoms with Crippen LogP contribution in [0.4, 0.5) is 5.69 Å². The average Bonchev–Trinajstić information content (AvgIpc) is 2.62. The smallest absolute Gasteiger partial charge is 0.255 e. The van der Waals surface area contributed by atoms with E-state index in [4.69, 9.17) is 21.1 Å². The number of hydrogen-bond acceptors (Lipinski definition) is 4. The number of anilines is 1.